The zero-order chi connectivity index (χ0) is 28.3. The fraction of sp³-hybridized carbons (Fsp3) is 0.323. The Labute approximate surface area is 237 Å². The summed E-state index contributed by atoms with van der Waals surface area (Å²) in [6.45, 7) is 2.90. The summed E-state index contributed by atoms with van der Waals surface area (Å²) in [5, 5.41) is 17.5. The lowest BCUT2D eigenvalue weighted by molar-refractivity contribution is -0.122. The van der Waals surface area contributed by atoms with Crippen LogP contribution in [0.3, 0.4) is 0 Å². The predicted molar refractivity (Wildman–Crippen MR) is 156 cm³/mol. The maximum atomic E-state index is 12.7. The van der Waals surface area contributed by atoms with Crippen molar-refractivity contribution in [2.45, 2.75) is 45.1 Å². The number of likely N-dealkylation sites (tertiary alicyclic amines) is 1. The molecule has 2 aliphatic rings. The first-order valence-electron chi connectivity index (χ1n) is 14.0. The molecule has 0 radical (unpaired) electrons. The Bertz CT molecular complexity index is 1610. The van der Waals surface area contributed by atoms with Gasteiger partial charge in [0.25, 0.3) is 0 Å². The largest absolute Gasteiger partial charge is 0.465 e. The second-order valence-corrected chi connectivity index (χ2v) is 10.7. The Morgan fingerprint density at radius 3 is 2.66 bits per heavy atom. The number of carboxylic acid groups (broad SMARTS) is 1. The Morgan fingerprint density at radius 1 is 0.976 bits per heavy atom. The molecule has 6 rings (SSSR count). The molecule has 10 nitrogen and oxygen atoms in total. The number of nitrogens with zero attached hydrogens (tertiary/aromatic N) is 4. The van der Waals surface area contributed by atoms with E-state index < -0.39 is 6.09 Å². The zero-order valence-corrected chi connectivity index (χ0v) is 22.8. The lowest BCUT2D eigenvalue weighted by Crippen LogP contribution is -2.44. The third kappa shape index (κ3) is 5.63. The van der Waals surface area contributed by atoms with Crippen molar-refractivity contribution in [1.82, 2.24) is 19.9 Å². The Hall–Kier alpha value is -4.73. The van der Waals surface area contributed by atoms with E-state index in [0.29, 0.717) is 41.9 Å². The third-order valence-electron chi connectivity index (χ3n) is 7.87. The van der Waals surface area contributed by atoms with Crippen molar-refractivity contribution in [3.63, 3.8) is 0 Å². The molecule has 1 saturated carbocycles. The Balaban J connectivity index is 1.28. The molecule has 2 fully saturated rings. The van der Waals surface area contributed by atoms with Crippen molar-refractivity contribution in [3.8, 4) is 22.9 Å². The predicted octanol–water partition coefficient (Wildman–Crippen LogP) is 6.09. The number of hydrogen-bond donors (Lipinski definition) is 3. The van der Waals surface area contributed by atoms with Crippen LogP contribution in [-0.2, 0) is 4.79 Å². The molecule has 0 spiro atoms. The van der Waals surface area contributed by atoms with E-state index in [1.54, 1.807) is 18.5 Å². The first-order chi connectivity index (χ1) is 20.0. The molecule has 41 heavy (non-hydrogen) atoms. The number of nitrogens with one attached hydrogen (secondary N) is 2. The molecule has 1 aliphatic heterocycles. The quantitative estimate of drug-likeness (QED) is 0.251. The van der Waals surface area contributed by atoms with E-state index in [-0.39, 0.29) is 17.9 Å². The summed E-state index contributed by atoms with van der Waals surface area (Å²) >= 11 is 0. The van der Waals surface area contributed by atoms with E-state index in [1.165, 1.54) is 4.90 Å². The molecule has 3 N–H and O–H groups in total. The van der Waals surface area contributed by atoms with Crippen LogP contribution in [0.5, 0.6) is 11.6 Å². The van der Waals surface area contributed by atoms with Crippen molar-refractivity contribution in [1.29, 1.82) is 0 Å². The third-order valence-corrected chi connectivity index (χ3v) is 7.87. The second-order valence-electron chi connectivity index (χ2n) is 10.7. The molecule has 1 aliphatic carbocycles. The highest BCUT2D eigenvalue weighted by molar-refractivity contribution is 6.05. The Kier molecular flexibility index (Phi) is 7.37. The number of rotatable bonds is 7. The molecular weight excluding hydrogens is 520 g/mol. The number of hydrogen-bond acceptors (Lipinski definition) is 7. The highest BCUT2D eigenvalue weighted by Crippen LogP contribution is 2.39. The zero-order valence-electron chi connectivity index (χ0n) is 22.8. The summed E-state index contributed by atoms with van der Waals surface area (Å²) in [6, 6.07) is 15.3. The van der Waals surface area contributed by atoms with Crippen LogP contribution in [0.15, 0.2) is 60.9 Å². The summed E-state index contributed by atoms with van der Waals surface area (Å²) in [4.78, 5) is 39.1. The highest BCUT2D eigenvalue weighted by atomic mass is 16.5. The van der Waals surface area contributed by atoms with Gasteiger partial charge in [-0.05, 0) is 62.4 Å². The molecule has 1 atom stereocenters. The van der Waals surface area contributed by atoms with Crippen LogP contribution in [-0.4, -0.2) is 56.1 Å². The van der Waals surface area contributed by atoms with E-state index in [2.05, 4.69) is 20.6 Å². The van der Waals surface area contributed by atoms with Gasteiger partial charge in [-0.2, -0.15) is 0 Å². The number of fused-ring (bicyclic) bond motifs is 1. The second kappa shape index (κ2) is 11.4. The molecule has 2 aromatic carbocycles. The lowest BCUT2D eigenvalue weighted by atomic mass is 9.85. The van der Waals surface area contributed by atoms with E-state index >= 15 is 0 Å². The van der Waals surface area contributed by atoms with Crippen molar-refractivity contribution < 1.29 is 19.4 Å². The standard InChI is InChI=1S/C31H32N6O4/c1-19-12-13-22-23(9-3-11-25(22)35-28(38)20-6-2-7-20)27(19)41-29-24(10-4-15-32-29)26-14-16-33-30(36-26)34-21-8-5-17-37(18-21)31(39)40/h3-4,9-16,20-21H,2,5-8,17-18H2,1H3,(H,35,38)(H,39,40)(H,33,34,36). The highest BCUT2D eigenvalue weighted by Gasteiger charge is 2.26. The minimum Gasteiger partial charge on any atom is -0.465 e. The van der Waals surface area contributed by atoms with E-state index in [9.17, 15) is 14.7 Å². The summed E-state index contributed by atoms with van der Waals surface area (Å²) in [5.41, 5.74) is 3.02. The number of ether oxygens (including phenoxy) is 1. The topological polar surface area (TPSA) is 130 Å². The minimum absolute atomic E-state index is 0.0656. The molecular formula is C31H32N6O4. The van der Waals surface area contributed by atoms with Gasteiger partial charge in [-0.3, -0.25) is 4.79 Å². The normalized spacial score (nSPS) is 17.1. The Morgan fingerprint density at radius 2 is 1.85 bits per heavy atom. The van der Waals surface area contributed by atoms with Gasteiger partial charge < -0.3 is 25.4 Å². The average molecular weight is 553 g/mol. The number of pyridine rings is 1. The van der Waals surface area contributed by atoms with E-state index in [0.717, 1.165) is 54.1 Å². The number of aryl methyl sites for hydroxylation is 1. The van der Waals surface area contributed by atoms with Gasteiger partial charge in [0, 0.05) is 53.9 Å². The number of carbonyl (C=O) groups excluding carboxylic acids is 1. The summed E-state index contributed by atoms with van der Waals surface area (Å²) < 4.78 is 6.50. The monoisotopic (exact) mass is 552 g/mol. The van der Waals surface area contributed by atoms with Gasteiger partial charge in [0.1, 0.15) is 5.75 Å². The van der Waals surface area contributed by atoms with Gasteiger partial charge in [-0.15, -0.1) is 0 Å². The molecule has 210 valence electrons. The molecule has 4 aromatic rings. The number of aromatic nitrogens is 3. The first kappa shape index (κ1) is 26.5. The maximum absolute atomic E-state index is 12.7. The first-order valence-corrected chi connectivity index (χ1v) is 14.0. The van der Waals surface area contributed by atoms with E-state index in [4.69, 9.17) is 9.72 Å². The number of anilines is 2. The van der Waals surface area contributed by atoms with Gasteiger partial charge in [-0.1, -0.05) is 30.7 Å². The fourth-order valence-electron chi connectivity index (χ4n) is 5.38. The molecule has 1 saturated heterocycles. The van der Waals surface area contributed by atoms with Gasteiger partial charge in [-0.25, -0.2) is 19.7 Å². The minimum atomic E-state index is -0.917. The van der Waals surface area contributed by atoms with Crippen molar-refractivity contribution in [3.05, 3.63) is 66.5 Å². The smallest absolute Gasteiger partial charge is 0.407 e. The molecule has 2 amide bonds. The molecule has 1 unspecified atom stereocenters. The lowest BCUT2D eigenvalue weighted by Gasteiger charge is -2.31. The molecule has 2 aromatic heterocycles. The maximum Gasteiger partial charge on any atom is 0.407 e. The van der Waals surface area contributed by atoms with Gasteiger partial charge in [0.05, 0.1) is 11.3 Å². The van der Waals surface area contributed by atoms with Gasteiger partial charge >= 0.3 is 6.09 Å². The van der Waals surface area contributed by atoms with Crippen LogP contribution in [0.4, 0.5) is 16.4 Å². The van der Waals surface area contributed by atoms with Gasteiger partial charge in [0.2, 0.25) is 17.7 Å². The average Bonchev–Trinajstić information content (AvgIpc) is 2.94. The van der Waals surface area contributed by atoms with Crippen LogP contribution in [0.1, 0.15) is 37.7 Å². The van der Waals surface area contributed by atoms with Crippen LogP contribution in [0.25, 0.3) is 22.0 Å². The van der Waals surface area contributed by atoms with Crippen molar-refractivity contribution >= 4 is 34.4 Å². The van der Waals surface area contributed by atoms with Crippen LogP contribution in [0.2, 0.25) is 0 Å². The molecule has 10 heteroatoms. The van der Waals surface area contributed by atoms with Crippen molar-refractivity contribution in [2.24, 2.45) is 5.92 Å². The fourth-order valence-corrected chi connectivity index (χ4v) is 5.38. The molecule has 0 bridgehead atoms. The number of carbonyl (C=O) groups is 2. The molecule has 3 heterocycles. The van der Waals surface area contributed by atoms with Crippen LogP contribution in [0, 0.1) is 12.8 Å². The summed E-state index contributed by atoms with van der Waals surface area (Å²) in [5.74, 6) is 1.62. The van der Waals surface area contributed by atoms with Crippen molar-refractivity contribution in [2.75, 3.05) is 23.7 Å². The summed E-state index contributed by atoms with van der Waals surface area (Å²) in [6.07, 6.45) is 7.02. The number of amides is 2. The van der Waals surface area contributed by atoms with Crippen LogP contribution < -0.4 is 15.4 Å². The SMILES string of the molecule is Cc1ccc2c(NC(=O)C3CCC3)cccc2c1Oc1ncccc1-c1ccnc(NC2CCCN(C(=O)O)C2)n1. The number of benzene rings is 2. The number of piperidine rings is 1. The van der Waals surface area contributed by atoms with Crippen LogP contribution >= 0.6 is 0 Å². The van der Waals surface area contributed by atoms with Gasteiger partial charge in [0.15, 0.2) is 0 Å². The van der Waals surface area contributed by atoms with E-state index in [1.807, 2.05) is 49.4 Å². The summed E-state index contributed by atoms with van der Waals surface area (Å²) in [7, 11) is 0.